The first kappa shape index (κ1) is 18.0. The van der Waals surface area contributed by atoms with Crippen LogP contribution in [0.3, 0.4) is 0 Å². The number of aromatic nitrogens is 2. The molecule has 3 aromatic rings. The van der Waals surface area contributed by atoms with Crippen molar-refractivity contribution in [2.45, 2.75) is 32.1 Å². The monoisotopic (exact) mass is 344 g/mol. The number of nitrogens with zero attached hydrogens (tertiary/aromatic N) is 2. The van der Waals surface area contributed by atoms with E-state index >= 15 is 0 Å². The first-order valence-corrected chi connectivity index (χ1v) is 9.02. The molecular weight excluding hydrogens is 320 g/mol. The Morgan fingerprint density at radius 3 is 2.23 bits per heavy atom. The van der Waals surface area contributed by atoms with Crippen LogP contribution in [0.5, 0.6) is 0 Å². The van der Waals surface area contributed by atoms with Crippen molar-refractivity contribution in [1.82, 2.24) is 9.97 Å². The Labute approximate surface area is 155 Å². The summed E-state index contributed by atoms with van der Waals surface area (Å²) in [6.07, 6.45) is 7.01. The fourth-order valence-electron chi connectivity index (χ4n) is 3.30. The molecule has 3 heteroatoms. The third kappa shape index (κ3) is 4.63. The lowest BCUT2D eigenvalue weighted by Gasteiger charge is -2.28. The Kier molecular flexibility index (Phi) is 5.90. The second-order valence-electron chi connectivity index (χ2n) is 7.01. The molecule has 0 saturated carbocycles. The van der Waals surface area contributed by atoms with E-state index in [9.17, 15) is 4.79 Å². The van der Waals surface area contributed by atoms with Crippen LogP contribution in [-0.4, -0.2) is 16.3 Å². The van der Waals surface area contributed by atoms with Gasteiger partial charge in [0.2, 0.25) is 0 Å². The van der Waals surface area contributed by atoms with Gasteiger partial charge in [0, 0.05) is 35.1 Å². The highest BCUT2D eigenvalue weighted by molar-refractivity contribution is 5.59. The number of rotatable bonds is 8. The largest absolute Gasteiger partial charge is 0.303 e. The lowest BCUT2D eigenvalue weighted by molar-refractivity contribution is -0.116. The van der Waals surface area contributed by atoms with Gasteiger partial charge in [-0.25, -0.2) is 0 Å². The predicted octanol–water partition coefficient (Wildman–Crippen LogP) is 4.84. The first-order valence-electron chi connectivity index (χ1n) is 9.02. The summed E-state index contributed by atoms with van der Waals surface area (Å²) in [4.78, 5) is 21.0. The van der Waals surface area contributed by atoms with Crippen LogP contribution in [0.1, 0.15) is 42.6 Å². The molecule has 0 radical (unpaired) electrons. The maximum absolute atomic E-state index is 12.0. The van der Waals surface area contributed by atoms with Crippen molar-refractivity contribution in [3.05, 3.63) is 96.1 Å². The zero-order valence-corrected chi connectivity index (χ0v) is 15.1. The summed E-state index contributed by atoms with van der Waals surface area (Å²) in [6, 6.07) is 22.2. The molecule has 0 spiro atoms. The smallest absolute Gasteiger partial charge is 0.125 e. The van der Waals surface area contributed by atoms with Crippen LogP contribution in [0.25, 0.3) is 0 Å². The van der Waals surface area contributed by atoms with E-state index in [4.69, 9.17) is 0 Å². The molecule has 0 aliphatic rings. The van der Waals surface area contributed by atoms with Gasteiger partial charge in [0.1, 0.15) is 6.29 Å². The van der Waals surface area contributed by atoms with Crippen molar-refractivity contribution >= 4 is 6.29 Å². The highest BCUT2D eigenvalue weighted by Gasteiger charge is 2.30. The predicted molar refractivity (Wildman–Crippen MR) is 104 cm³/mol. The first-order chi connectivity index (χ1) is 12.7. The van der Waals surface area contributed by atoms with Gasteiger partial charge in [-0.05, 0) is 49.1 Å². The van der Waals surface area contributed by atoms with Gasteiger partial charge in [0.15, 0.2) is 0 Å². The number of aldehydes is 1. The summed E-state index contributed by atoms with van der Waals surface area (Å²) in [5.74, 6) is 0.0938. The minimum Gasteiger partial charge on any atom is -0.303 e. The van der Waals surface area contributed by atoms with Crippen LogP contribution >= 0.6 is 0 Å². The molecule has 2 heterocycles. The standard InChI is InChI=1S/C23H24N2O/c1-23(18-26,14-13-20-11-5-7-15-24-20)17-21(19-9-3-2-4-10-19)22-12-6-8-16-25-22/h2-12,15-16,18,21H,13-14,17H2,1H3. The van der Waals surface area contributed by atoms with Gasteiger partial charge in [0.05, 0.1) is 0 Å². The van der Waals surface area contributed by atoms with Gasteiger partial charge in [0.25, 0.3) is 0 Å². The zero-order chi connectivity index (χ0) is 18.2. The SMILES string of the molecule is CC(C=O)(CCc1ccccn1)CC(c1ccccc1)c1ccccn1. The Morgan fingerprint density at radius 1 is 0.923 bits per heavy atom. The van der Waals surface area contributed by atoms with Crippen molar-refractivity contribution in [3.8, 4) is 0 Å². The average molecular weight is 344 g/mol. The summed E-state index contributed by atoms with van der Waals surface area (Å²) in [7, 11) is 0. The van der Waals surface area contributed by atoms with Gasteiger partial charge >= 0.3 is 0 Å². The number of pyridine rings is 2. The molecular formula is C23H24N2O. The Morgan fingerprint density at radius 2 is 1.62 bits per heavy atom. The summed E-state index contributed by atoms with van der Waals surface area (Å²) >= 11 is 0. The second-order valence-corrected chi connectivity index (χ2v) is 7.01. The number of hydrogen-bond donors (Lipinski definition) is 0. The molecule has 3 nitrogen and oxygen atoms in total. The minimum atomic E-state index is -0.435. The van der Waals surface area contributed by atoms with Crippen LogP contribution < -0.4 is 0 Å². The molecule has 2 aromatic heterocycles. The van der Waals surface area contributed by atoms with Gasteiger partial charge in [-0.3, -0.25) is 9.97 Å². The average Bonchev–Trinajstić information content (AvgIpc) is 2.73. The summed E-state index contributed by atoms with van der Waals surface area (Å²) in [5.41, 5.74) is 2.78. The summed E-state index contributed by atoms with van der Waals surface area (Å²) < 4.78 is 0. The molecule has 0 aliphatic heterocycles. The Balaban J connectivity index is 1.83. The molecule has 0 aliphatic carbocycles. The maximum Gasteiger partial charge on any atom is 0.125 e. The van der Waals surface area contributed by atoms with Crippen LogP contribution in [0.2, 0.25) is 0 Å². The normalized spacial score (nSPS) is 14.3. The van der Waals surface area contributed by atoms with E-state index in [0.29, 0.717) is 0 Å². The van der Waals surface area contributed by atoms with E-state index in [1.165, 1.54) is 5.56 Å². The fourth-order valence-corrected chi connectivity index (χ4v) is 3.30. The lowest BCUT2D eigenvalue weighted by Crippen LogP contribution is -2.24. The third-order valence-corrected chi connectivity index (χ3v) is 4.88. The number of hydrogen-bond acceptors (Lipinski definition) is 3. The van der Waals surface area contributed by atoms with E-state index in [2.05, 4.69) is 22.1 Å². The van der Waals surface area contributed by atoms with E-state index in [1.54, 1.807) is 6.20 Å². The topological polar surface area (TPSA) is 42.9 Å². The van der Waals surface area contributed by atoms with Crippen LogP contribution in [-0.2, 0) is 11.2 Å². The third-order valence-electron chi connectivity index (χ3n) is 4.88. The molecule has 132 valence electrons. The summed E-state index contributed by atoms with van der Waals surface area (Å²) in [5, 5.41) is 0. The van der Waals surface area contributed by atoms with E-state index in [1.807, 2.05) is 67.7 Å². The molecule has 1 aromatic carbocycles. The van der Waals surface area contributed by atoms with E-state index in [0.717, 1.165) is 36.9 Å². The molecule has 0 N–H and O–H groups in total. The van der Waals surface area contributed by atoms with Crippen molar-refractivity contribution < 1.29 is 4.79 Å². The molecule has 0 saturated heterocycles. The van der Waals surface area contributed by atoms with Gasteiger partial charge in [-0.2, -0.15) is 0 Å². The van der Waals surface area contributed by atoms with E-state index in [-0.39, 0.29) is 5.92 Å². The highest BCUT2D eigenvalue weighted by Crippen LogP contribution is 2.37. The molecule has 26 heavy (non-hydrogen) atoms. The van der Waals surface area contributed by atoms with Crippen molar-refractivity contribution in [2.24, 2.45) is 5.41 Å². The van der Waals surface area contributed by atoms with Gasteiger partial charge in [-0.15, -0.1) is 0 Å². The molecule has 3 rings (SSSR count). The maximum atomic E-state index is 12.0. The fraction of sp³-hybridized carbons (Fsp3) is 0.261. The number of carbonyl (C=O) groups excluding carboxylic acids is 1. The van der Waals surface area contributed by atoms with E-state index < -0.39 is 5.41 Å². The molecule has 0 fully saturated rings. The number of aryl methyl sites for hydroxylation is 1. The quantitative estimate of drug-likeness (QED) is 0.549. The van der Waals surface area contributed by atoms with Gasteiger partial charge in [-0.1, -0.05) is 49.4 Å². The Hall–Kier alpha value is -2.81. The number of benzene rings is 1. The van der Waals surface area contributed by atoms with Crippen LogP contribution in [0.4, 0.5) is 0 Å². The van der Waals surface area contributed by atoms with Gasteiger partial charge < -0.3 is 4.79 Å². The Bertz CT molecular complexity index is 766. The lowest BCUT2D eigenvalue weighted by atomic mass is 9.75. The van der Waals surface area contributed by atoms with Crippen LogP contribution in [0, 0.1) is 5.41 Å². The number of carbonyl (C=O) groups is 1. The minimum absolute atomic E-state index is 0.0938. The van der Waals surface area contributed by atoms with Crippen molar-refractivity contribution in [1.29, 1.82) is 0 Å². The molecule has 2 unspecified atom stereocenters. The van der Waals surface area contributed by atoms with Crippen molar-refractivity contribution in [2.75, 3.05) is 0 Å². The molecule has 0 amide bonds. The molecule has 2 atom stereocenters. The summed E-state index contributed by atoms with van der Waals surface area (Å²) in [6.45, 7) is 2.04. The molecule has 0 bridgehead atoms. The van der Waals surface area contributed by atoms with Crippen LogP contribution in [0.15, 0.2) is 79.1 Å². The van der Waals surface area contributed by atoms with Crippen molar-refractivity contribution in [3.63, 3.8) is 0 Å². The second kappa shape index (κ2) is 8.52. The zero-order valence-electron chi connectivity index (χ0n) is 15.1. The highest BCUT2D eigenvalue weighted by atomic mass is 16.1.